The van der Waals surface area contributed by atoms with Gasteiger partial charge in [-0.3, -0.25) is 4.79 Å². The third kappa shape index (κ3) is 11.9. The Hall–Kier alpha value is -1.51. The maximum absolute atomic E-state index is 11.3. The topological polar surface area (TPSA) is 46.5 Å². The maximum Gasteiger partial charge on any atom is 0.220 e. The summed E-state index contributed by atoms with van der Waals surface area (Å²) in [4.78, 5) is 11.3. The third-order valence-electron chi connectivity index (χ3n) is 4.82. The summed E-state index contributed by atoms with van der Waals surface area (Å²) in [5, 5.41) is 9.34. The van der Waals surface area contributed by atoms with E-state index in [-0.39, 0.29) is 11.2 Å². The predicted octanol–water partition coefficient (Wildman–Crippen LogP) is 6.61. The van der Waals surface area contributed by atoms with E-state index in [0.717, 1.165) is 6.42 Å². The van der Waals surface area contributed by atoms with E-state index in [1.807, 2.05) is 0 Å². The van der Waals surface area contributed by atoms with Crippen LogP contribution in [0.15, 0.2) is 29.1 Å². The lowest BCUT2D eigenvalue weighted by atomic mass is 10.0. The van der Waals surface area contributed by atoms with Gasteiger partial charge in [0.1, 0.15) is 5.75 Å². The number of hydrogen-bond acceptors (Lipinski definition) is 3. The molecule has 0 fully saturated rings. The van der Waals surface area contributed by atoms with Crippen molar-refractivity contribution in [2.45, 2.75) is 96.8 Å². The Bertz CT molecular complexity index is 513. The van der Waals surface area contributed by atoms with Crippen LogP contribution in [0.4, 0.5) is 0 Å². The first-order valence-electron chi connectivity index (χ1n) is 10.7. The highest BCUT2D eigenvalue weighted by molar-refractivity contribution is 5.27. The average molecular weight is 363 g/mol. The molecule has 0 atom stereocenters. The Morgan fingerprint density at radius 1 is 0.692 bits per heavy atom. The van der Waals surface area contributed by atoms with E-state index in [1.165, 1.54) is 95.6 Å². The molecule has 1 aromatic carbocycles. The van der Waals surface area contributed by atoms with Crippen LogP contribution in [0.3, 0.4) is 0 Å². The maximum atomic E-state index is 11.3. The monoisotopic (exact) mass is 362 g/mol. The first-order valence-corrected chi connectivity index (χ1v) is 10.7. The summed E-state index contributed by atoms with van der Waals surface area (Å²) >= 11 is 0. The summed E-state index contributed by atoms with van der Waals surface area (Å²) in [6, 6.07) is 5.99. The van der Waals surface area contributed by atoms with Gasteiger partial charge < -0.3 is 9.84 Å². The molecule has 3 nitrogen and oxygen atoms in total. The van der Waals surface area contributed by atoms with E-state index < -0.39 is 0 Å². The molecule has 0 radical (unpaired) electrons. The summed E-state index contributed by atoms with van der Waals surface area (Å²) in [5.74, 6) is 0.397. The minimum absolute atomic E-state index is 0.239. The predicted molar refractivity (Wildman–Crippen MR) is 110 cm³/mol. The SMILES string of the molecule is CCCCCCCCCCCCCCCCOc1ccc(O)c(=O)cc1. The molecule has 1 aromatic rings. The lowest BCUT2D eigenvalue weighted by Crippen LogP contribution is -1.96. The van der Waals surface area contributed by atoms with Crippen LogP contribution in [0.25, 0.3) is 0 Å². The van der Waals surface area contributed by atoms with Crippen molar-refractivity contribution >= 4 is 0 Å². The first kappa shape index (κ1) is 22.5. The molecular weight excluding hydrogens is 324 g/mol. The highest BCUT2D eigenvalue weighted by Gasteiger charge is 1.97. The Balaban J connectivity index is 1.87. The van der Waals surface area contributed by atoms with E-state index in [2.05, 4.69) is 6.92 Å². The Morgan fingerprint density at radius 3 is 1.69 bits per heavy atom. The summed E-state index contributed by atoms with van der Waals surface area (Å²) in [6.45, 7) is 2.93. The van der Waals surface area contributed by atoms with Gasteiger partial charge in [-0.1, -0.05) is 90.4 Å². The Kier molecular flexibility index (Phi) is 13.6. The van der Waals surface area contributed by atoms with Crippen LogP contribution in [0, 0.1) is 0 Å². The van der Waals surface area contributed by atoms with Crippen molar-refractivity contribution in [3.8, 4) is 11.5 Å². The average Bonchev–Trinajstić information content (AvgIpc) is 2.80. The molecule has 1 rings (SSSR count). The summed E-state index contributed by atoms with van der Waals surface area (Å²) in [5.41, 5.74) is -0.378. The van der Waals surface area contributed by atoms with E-state index in [1.54, 1.807) is 12.1 Å². The molecule has 0 heterocycles. The van der Waals surface area contributed by atoms with Crippen molar-refractivity contribution in [2.24, 2.45) is 0 Å². The van der Waals surface area contributed by atoms with Crippen LogP contribution >= 0.6 is 0 Å². The van der Waals surface area contributed by atoms with Crippen molar-refractivity contribution in [3.63, 3.8) is 0 Å². The second-order valence-electron chi connectivity index (χ2n) is 7.26. The van der Waals surface area contributed by atoms with Crippen LogP contribution in [0.2, 0.25) is 0 Å². The zero-order chi connectivity index (χ0) is 18.9. The van der Waals surface area contributed by atoms with Gasteiger partial charge in [0.05, 0.1) is 6.61 Å². The number of rotatable bonds is 16. The second-order valence-corrected chi connectivity index (χ2v) is 7.26. The third-order valence-corrected chi connectivity index (χ3v) is 4.82. The molecule has 0 aliphatic carbocycles. The van der Waals surface area contributed by atoms with Gasteiger partial charge in [0.25, 0.3) is 0 Å². The second kappa shape index (κ2) is 15.7. The van der Waals surface area contributed by atoms with Crippen LogP contribution in [-0.2, 0) is 0 Å². The van der Waals surface area contributed by atoms with Crippen LogP contribution in [0.1, 0.15) is 96.8 Å². The van der Waals surface area contributed by atoms with Crippen LogP contribution in [-0.4, -0.2) is 11.7 Å². The molecule has 0 aliphatic rings. The van der Waals surface area contributed by atoms with Crippen molar-refractivity contribution in [1.29, 1.82) is 0 Å². The van der Waals surface area contributed by atoms with Gasteiger partial charge >= 0.3 is 0 Å². The molecule has 0 unspecified atom stereocenters. The van der Waals surface area contributed by atoms with Gasteiger partial charge in [-0.25, -0.2) is 0 Å². The van der Waals surface area contributed by atoms with Gasteiger partial charge in [-0.2, -0.15) is 0 Å². The van der Waals surface area contributed by atoms with Crippen molar-refractivity contribution in [2.75, 3.05) is 6.61 Å². The standard InChI is InChI=1S/C23H38O3/c1-2-3-4-5-6-7-8-9-10-11-12-13-14-15-20-26-21-16-18-22(24)23(25)19-17-21/h16-19H,2-15,20H2,1H3,(H,24,25). The molecule has 26 heavy (non-hydrogen) atoms. The fraction of sp³-hybridized carbons (Fsp3) is 0.696. The van der Waals surface area contributed by atoms with Crippen LogP contribution in [0.5, 0.6) is 11.5 Å². The Labute approximate surface area is 159 Å². The molecule has 0 spiro atoms. The smallest absolute Gasteiger partial charge is 0.220 e. The molecule has 0 saturated carbocycles. The van der Waals surface area contributed by atoms with Gasteiger partial charge in [0.2, 0.25) is 5.43 Å². The Morgan fingerprint density at radius 2 is 1.15 bits per heavy atom. The van der Waals surface area contributed by atoms with Gasteiger partial charge in [0.15, 0.2) is 5.75 Å². The number of unbranched alkanes of at least 4 members (excludes halogenated alkanes) is 13. The molecule has 0 aliphatic heterocycles. The number of aromatic hydroxyl groups is 1. The van der Waals surface area contributed by atoms with E-state index >= 15 is 0 Å². The summed E-state index contributed by atoms with van der Waals surface area (Å²) in [6.07, 6.45) is 18.8. The van der Waals surface area contributed by atoms with E-state index in [9.17, 15) is 9.90 Å². The highest BCUT2D eigenvalue weighted by Crippen LogP contribution is 2.14. The molecule has 0 aromatic heterocycles. The normalized spacial score (nSPS) is 10.8. The fourth-order valence-corrected chi connectivity index (χ4v) is 3.12. The number of ether oxygens (including phenoxy) is 1. The molecule has 3 heteroatoms. The number of hydrogen-bond donors (Lipinski definition) is 1. The van der Waals surface area contributed by atoms with Crippen molar-refractivity contribution < 1.29 is 9.84 Å². The van der Waals surface area contributed by atoms with Crippen molar-refractivity contribution in [3.05, 3.63) is 34.5 Å². The summed E-state index contributed by atoms with van der Waals surface area (Å²) < 4.78 is 5.63. The van der Waals surface area contributed by atoms with Gasteiger partial charge in [-0.15, -0.1) is 0 Å². The van der Waals surface area contributed by atoms with Crippen molar-refractivity contribution in [1.82, 2.24) is 0 Å². The molecule has 0 bridgehead atoms. The minimum atomic E-state index is -0.378. The first-order chi connectivity index (χ1) is 12.7. The van der Waals surface area contributed by atoms with Gasteiger partial charge in [0, 0.05) is 0 Å². The van der Waals surface area contributed by atoms with E-state index in [0.29, 0.717) is 12.4 Å². The molecule has 0 saturated heterocycles. The molecular formula is C23H38O3. The van der Waals surface area contributed by atoms with Crippen LogP contribution < -0.4 is 10.2 Å². The van der Waals surface area contributed by atoms with E-state index in [4.69, 9.17) is 4.74 Å². The summed E-state index contributed by atoms with van der Waals surface area (Å²) in [7, 11) is 0. The zero-order valence-electron chi connectivity index (χ0n) is 16.7. The fourth-order valence-electron chi connectivity index (χ4n) is 3.12. The van der Waals surface area contributed by atoms with Gasteiger partial charge in [-0.05, 0) is 30.7 Å². The lowest BCUT2D eigenvalue weighted by molar-refractivity contribution is 0.304. The molecule has 1 N–H and O–H groups in total. The quantitative estimate of drug-likeness (QED) is 0.336. The zero-order valence-corrected chi connectivity index (χ0v) is 16.7. The highest BCUT2D eigenvalue weighted by atomic mass is 16.5. The minimum Gasteiger partial charge on any atom is -0.504 e. The molecule has 148 valence electrons. The largest absolute Gasteiger partial charge is 0.504 e. The lowest BCUT2D eigenvalue weighted by Gasteiger charge is -2.05. The molecule has 0 amide bonds.